The molecule has 1 atom stereocenters. The number of benzene rings is 1. The monoisotopic (exact) mass is 284 g/mol. The summed E-state index contributed by atoms with van der Waals surface area (Å²) in [5.74, 6) is 0. The van der Waals surface area contributed by atoms with E-state index in [0.717, 1.165) is 25.3 Å². The van der Waals surface area contributed by atoms with Crippen LogP contribution in [0.1, 0.15) is 0 Å². The van der Waals surface area contributed by atoms with Crippen molar-refractivity contribution in [3.63, 3.8) is 0 Å². The van der Waals surface area contributed by atoms with Gasteiger partial charge >= 0.3 is 0 Å². The van der Waals surface area contributed by atoms with Crippen molar-refractivity contribution in [3.8, 4) is 0 Å². The Morgan fingerprint density at radius 1 is 1.53 bits per heavy atom. The van der Waals surface area contributed by atoms with E-state index >= 15 is 0 Å². The molecule has 2 N–H and O–H groups in total. The number of halogens is 1. The Morgan fingerprint density at radius 3 is 2.84 bits per heavy atom. The molecule has 1 heterocycles. The molecule has 19 heavy (non-hydrogen) atoms. The summed E-state index contributed by atoms with van der Waals surface area (Å²) in [6.07, 6.45) is 0. The van der Waals surface area contributed by atoms with Crippen molar-refractivity contribution >= 4 is 23.0 Å². The zero-order valence-corrected chi connectivity index (χ0v) is 11.5. The van der Waals surface area contributed by atoms with Gasteiger partial charge in [-0.3, -0.25) is 10.1 Å². The van der Waals surface area contributed by atoms with E-state index in [0.29, 0.717) is 11.6 Å². The molecule has 6 nitrogen and oxygen atoms in total. The fraction of sp³-hybridized carbons (Fsp3) is 0.500. The number of likely N-dealkylation sites (N-methyl/N-ethyl adjacent to an activating group) is 1. The lowest BCUT2D eigenvalue weighted by molar-refractivity contribution is -0.384. The van der Waals surface area contributed by atoms with E-state index in [1.54, 1.807) is 6.07 Å². The lowest BCUT2D eigenvalue weighted by atomic mass is 10.1. The second kappa shape index (κ2) is 5.73. The molecule has 1 saturated heterocycles. The van der Waals surface area contributed by atoms with E-state index in [1.807, 2.05) is 0 Å². The van der Waals surface area contributed by atoms with E-state index in [2.05, 4.69) is 16.8 Å². The van der Waals surface area contributed by atoms with Gasteiger partial charge in [-0.2, -0.15) is 0 Å². The van der Waals surface area contributed by atoms with E-state index in [-0.39, 0.29) is 11.7 Å². The molecule has 0 aliphatic carbocycles. The predicted octanol–water partition coefficient (Wildman–Crippen LogP) is 1.33. The number of hydrogen-bond acceptors (Lipinski definition) is 5. The smallest absolute Gasteiger partial charge is 0.271 e. The van der Waals surface area contributed by atoms with E-state index < -0.39 is 4.92 Å². The SMILES string of the molecule is CN1CCN(c2ccc([N+](=O)[O-])cc2Cl)C(CN)C1. The molecular weight excluding hydrogens is 268 g/mol. The minimum Gasteiger partial charge on any atom is -0.363 e. The summed E-state index contributed by atoms with van der Waals surface area (Å²) < 4.78 is 0. The number of hydrogen-bond donors (Lipinski definition) is 1. The number of piperazine rings is 1. The van der Waals surface area contributed by atoms with Gasteiger partial charge in [-0.15, -0.1) is 0 Å². The molecule has 0 spiro atoms. The topological polar surface area (TPSA) is 75.6 Å². The van der Waals surface area contributed by atoms with Crippen molar-refractivity contribution in [3.05, 3.63) is 33.3 Å². The van der Waals surface area contributed by atoms with Crippen LogP contribution in [0.5, 0.6) is 0 Å². The third-order valence-corrected chi connectivity index (χ3v) is 3.71. The van der Waals surface area contributed by atoms with Crippen LogP contribution in [0.2, 0.25) is 5.02 Å². The van der Waals surface area contributed by atoms with E-state index in [1.165, 1.54) is 12.1 Å². The first-order valence-corrected chi connectivity index (χ1v) is 6.50. The number of non-ortho nitro benzene ring substituents is 1. The highest BCUT2D eigenvalue weighted by Crippen LogP contribution is 2.31. The van der Waals surface area contributed by atoms with Crippen LogP contribution < -0.4 is 10.6 Å². The van der Waals surface area contributed by atoms with E-state index in [9.17, 15) is 10.1 Å². The zero-order chi connectivity index (χ0) is 14.0. The van der Waals surface area contributed by atoms with Crippen molar-refractivity contribution in [1.29, 1.82) is 0 Å². The van der Waals surface area contributed by atoms with Gasteiger partial charge in [-0.05, 0) is 13.1 Å². The Hall–Kier alpha value is -1.37. The summed E-state index contributed by atoms with van der Waals surface area (Å²) in [7, 11) is 2.05. The molecule has 7 heteroatoms. The quantitative estimate of drug-likeness (QED) is 0.669. The molecule has 1 aromatic carbocycles. The van der Waals surface area contributed by atoms with Gasteiger partial charge in [0.15, 0.2) is 0 Å². The maximum atomic E-state index is 10.7. The summed E-state index contributed by atoms with van der Waals surface area (Å²) in [6, 6.07) is 4.75. The van der Waals surface area contributed by atoms with Crippen molar-refractivity contribution < 1.29 is 4.92 Å². The average Bonchev–Trinajstić information content (AvgIpc) is 2.38. The lowest BCUT2D eigenvalue weighted by Crippen LogP contribution is -2.55. The van der Waals surface area contributed by atoms with Crippen LogP contribution in [0, 0.1) is 10.1 Å². The normalized spacial score (nSPS) is 20.6. The van der Waals surface area contributed by atoms with Gasteiger partial charge < -0.3 is 15.5 Å². The molecule has 1 aromatic rings. The summed E-state index contributed by atoms with van der Waals surface area (Å²) in [6.45, 7) is 3.13. The number of nitrogens with two attached hydrogens (primary N) is 1. The molecule has 1 unspecified atom stereocenters. The second-order valence-electron chi connectivity index (χ2n) is 4.74. The first kappa shape index (κ1) is 14.0. The van der Waals surface area contributed by atoms with Crippen molar-refractivity contribution in [2.45, 2.75) is 6.04 Å². The fourth-order valence-electron chi connectivity index (χ4n) is 2.37. The van der Waals surface area contributed by atoms with Crippen LogP contribution in [0.3, 0.4) is 0 Å². The first-order chi connectivity index (χ1) is 9.02. The molecule has 0 saturated carbocycles. The molecule has 1 aliphatic heterocycles. The molecule has 104 valence electrons. The predicted molar refractivity (Wildman–Crippen MR) is 75.8 cm³/mol. The summed E-state index contributed by atoms with van der Waals surface area (Å²) in [4.78, 5) is 14.6. The van der Waals surface area contributed by atoms with Gasteiger partial charge in [0.25, 0.3) is 5.69 Å². The molecule has 1 fully saturated rings. The highest BCUT2D eigenvalue weighted by molar-refractivity contribution is 6.33. The molecule has 0 amide bonds. The number of nitro benzene ring substituents is 1. The van der Waals surface area contributed by atoms with E-state index in [4.69, 9.17) is 17.3 Å². The van der Waals surface area contributed by atoms with Crippen LogP contribution in [0.4, 0.5) is 11.4 Å². The van der Waals surface area contributed by atoms with Gasteiger partial charge in [0.1, 0.15) is 0 Å². The van der Waals surface area contributed by atoms with Crippen LogP contribution >= 0.6 is 11.6 Å². The van der Waals surface area contributed by atoms with Crippen molar-refractivity contribution in [1.82, 2.24) is 4.90 Å². The van der Waals surface area contributed by atoms with Crippen LogP contribution in [-0.4, -0.2) is 49.1 Å². The van der Waals surface area contributed by atoms with Crippen LogP contribution in [0.15, 0.2) is 18.2 Å². The number of nitrogens with zero attached hydrogens (tertiary/aromatic N) is 3. The Balaban J connectivity index is 2.28. The molecule has 1 aliphatic rings. The highest BCUT2D eigenvalue weighted by Gasteiger charge is 2.26. The Kier molecular flexibility index (Phi) is 4.24. The number of anilines is 1. The Labute approximate surface area is 116 Å². The maximum Gasteiger partial charge on any atom is 0.271 e. The van der Waals surface area contributed by atoms with Gasteiger partial charge in [-0.25, -0.2) is 0 Å². The third-order valence-electron chi connectivity index (χ3n) is 3.41. The standard InChI is InChI=1S/C12H17ClN4O2/c1-15-4-5-16(10(7-14)8-15)12-3-2-9(17(18)19)6-11(12)13/h2-3,6,10H,4-5,7-8,14H2,1H3. The summed E-state index contributed by atoms with van der Waals surface area (Å²) in [5.41, 5.74) is 6.62. The number of nitro groups is 1. The minimum absolute atomic E-state index is 0.00664. The molecule has 0 aromatic heterocycles. The Bertz CT molecular complexity index is 483. The molecular formula is C12H17ClN4O2. The molecule has 0 radical (unpaired) electrons. The number of rotatable bonds is 3. The largest absolute Gasteiger partial charge is 0.363 e. The van der Waals surface area contributed by atoms with Gasteiger partial charge in [-0.1, -0.05) is 11.6 Å². The average molecular weight is 285 g/mol. The lowest BCUT2D eigenvalue weighted by Gasteiger charge is -2.41. The molecule has 0 bridgehead atoms. The maximum absolute atomic E-state index is 10.7. The third kappa shape index (κ3) is 2.97. The Morgan fingerprint density at radius 2 is 2.26 bits per heavy atom. The van der Waals surface area contributed by atoms with Crippen LogP contribution in [0.25, 0.3) is 0 Å². The van der Waals surface area contributed by atoms with Gasteiger partial charge in [0.05, 0.1) is 21.7 Å². The van der Waals surface area contributed by atoms with Gasteiger partial charge in [0.2, 0.25) is 0 Å². The van der Waals surface area contributed by atoms with Crippen molar-refractivity contribution in [2.75, 3.05) is 38.1 Å². The molecule has 2 rings (SSSR count). The zero-order valence-electron chi connectivity index (χ0n) is 10.8. The highest BCUT2D eigenvalue weighted by atomic mass is 35.5. The summed E-state index contributed by atoms with van der Waals surface area (Å²) >= 11 is 6.16. The summed E-state index contributed by atoms with van der Waals surface area (Å²) in [5, 5.41) is 11.1. The van der Waals surface area contributed by atoms with Gasteiger partial charge in [0, 0.05) is 38.3 Å². The second-order valence-corrected chi connectivity index (χ2v) is 5.15. The van der Waals surface area contributed by atoms with Crippen LogP contribution in [-0.2, 0) is 0 Å². The fourth-order valence-corrected chi connectivity index (χ4v) is 2.66. The first-order valence-electron chi connectivity index (χ1n) is 6.12. The minimum atomic E-state index is -0.444. The van der Waals surface area contributed by atoms with Crippen molar-refractivity contribution in [2.24, 2.45) is 5.73 Å².